The van der Waals surface area contributed by atoms with Crippen molar-refractivity contribution in [2.75, 3.05) is 24.6 Å². The molecule has 0 aromatic rings. The number of hydrogen-bond acceptors (Lipinski definition) is 1. The second-order valence-electron chi connectivity index (χ2n) is 2.14. The van der Waals surface area contributed by atoms with Crippen LogP contribution in [0.1, 0.15) is 19.8 Å². The Balaban J connectivity index is 0.000000291. The van der Waals surface area contributed by atoms with Crippen molar-refractivity contribution in [2.45, 2.75) is 19.8 Å². The molecule has 0 bridgehead atoms. The highest BCUT2D eigenvalue weighted by Crippen LogP contribution is 2.04. The first-order valence-corrected chi connectivity index (χ1v) is 5.69. The molecule has 0 aromatic carbocycles. The maximum absolute atomic E-state index is 2.49. The van der Waals surface area contributed by atoms with E-state index in [4.69, 9.17) is 0 Å². The minimum atomic E-state index is 1.25. The molecule has 0 unspecified atom stereocenters. The Morgan fingerprint density at radius 3 is 1.89 bits per heavy atom. The minimum Gasteiger partial charge on any atom is -0.304 e. The third kappa shape index (κ3) is 4.14. The van der Waals surface area contributed by atoms with Crippen LogP contribution in [-0.2, 0) is 0 Å². The monoisotopic (exact) mass is 241 g/mol. The molecule has 0 radical (unpaired) electrons. The minimum absolute atomic E-state index is 1.25. The molecule has 1 aliphatic heterocycles. The van der Waals surface area contributed by atoms with Crippen molar-refractivity contribution >= 4 is 22.6 Å². The lowest BCUT2D eigenvalue weighted by Crippen LogP contribution is -2.17. The lowest BCUT2D eigenvalue weighted by molar-refractivity contribution is 0.359. The first kappa shape index (κ1) is 9.69. The molecule has 0 spiro atoms. The van der Waals surface area contributed by atoms with Crippen molar-refractivity contribution < 1.29 is 0 Å². The molecule has 0 atom stereocenters. The van der Waals surface area contributed by atoms with Crippen LogP contribution in [0.3, 0.4) is 0 Å². The smallest absolute Gasteiger partial charge is 0.00184 e. The SMILES string of the molecule is CCN1CCCC1.CI. The molecule has 0 amide bonds. The van der Waals surface area contributed by atoms with Gasteiger partial charge in [0.15, 0.2) is 0 Å². The Kier molecular flexibility index (Phi) is 7.33. The van der Waals surface area contributed by atoms with Crippen molar-refractivity contribution in [3.05, 3.63) is 0 Å². The summed E-state index contributed by atoms with van der Waals surface area (Å²) in [5, 5.41) is 0. The summed E-state index contributed by atoms with van der Waals surface area (Å²) >= 11 is 2.15. The van der Waals surface area contributed by atoms with E-state index in [1.54, 1.807) is 0 Å². The van der Waals surface area contributed by atoms with Gasteiger partial charge in [-0.15, -0.1) is 0 Å². The molecule has 1 saturated heterocycles. The van der Waals surface area contributed by atoms with Crippen molar-refractivity contribution in [1.82, 2.24) is 4.90 Å². The van der Waals surface area contributed by atoms with Crippen molar-refractivity contribution in [2.24, 2.45) is 0 Å². The molecule has 1 fully saturated rings. The summed E-state index contributed by atoms with van der Waals surface area (Å²) in [7, 11) is 0. The van der Waals surface area contributed by atoms with Gasteiger partial charge in [-0.3, -0.25) is 0 Å². The van der Waals surface area contributed by atoms with Crippen LogP contribution >= 0.6 is 22.6 Å². The van der Waals surface area contributed by atoms with Gasteiger partial charge in [-0.2, -0.15) is 0 Å². The fourth-order valence-corrected chi connectivity index (χ4v) is 1.10. The van der Waals surface area contributed by atoms with E-state index in [-0.39, 0.29) is 0 Å². The first-order chi connectivity index (χ1) is 4.43. The lowest BCUT2D eigenvalue weighted by Gasteiger charge is -2.08. The number of nitrogens with zero attached hydrogens (tertiary/aromatic N) is 1. The Morgan fingerprint density at radius 1 is 1.22 bits per heavy atom. The third-order valence-electron chi connectivity index (χ3n) is 1.65. The van der Waals surface area contributed by atoms with Gasteiger partial charge in [-0.05, 0) is 37.4 Å². The highest BCUT2D eigenvalue weighted by atomic mass is 127. The van der Waals surface area contributed by atoms with Crippen molar-refractivity contribution in [1.29, 1.82) is 0 Å². The Hall–Kier alpha value is 0.690. The summed E-state index contributed by atoms with van der Waals surface area (Å²) in [4.78, 5) is 4.46. The number of likely N-dealkylation sites (tertiary alicyclic amines) is 1. The average Bonchev–Trinajstić information content (AvgIpc) is 2.43. The van der Waals surface area contributed by atoms with Crippen LogP contribution in [0.25, 0.3) is 0 Å². The molecule has 0 aliphatic carbocycles. The summed E-state index contributed by atoms with van der Waals surface area (Å²) in [5.74, 6) is 0. The number of halogens is 1. The molecule has 0 aromatic heterocycles. The molecular weight excluding hydrogens is 225 g/mol. The molecule has 9 heavy (non-hydrogen) atoms. The summed E-state index contributed by atoms with van der Waals surface area (Å²) in [6.07, 6.45) is 2.85. The molecule has 0 N–H and O–H groups in total. The van der Waals surface area contributed by atoms with Gasteiger partial charge in [0.25, 0.3) is 0 Å². The second-order valence-corrected chi connectivity index (χ2v) is 2.14. The standard InChI is InChI=1S/C6H13N.CH3I/c1-2-7-5-3-4-6-7;1-2/h2-6H2,1H3;1H3. The van der Waals surface area contributed by atoms with Crippen LogP contribution in [-0.4, -0.2) is 29.5 Å². The van der Waals surface area contributed by atoms with Gasteiger partial charge in [0.05, 0.1) is 0 Å². The predicted molar refractivity (Wildman–Crippen MR) is 51.3 cm³/mol. The maximum Gasteiger partial charge on any atom is -0.00184 e. The van der Waals surface area contributed by atoms with Gasteiger partial charge in [0, 0.05) is 0 Å². The van der Waals surface area contributed by atoms with E-state index in [9.17, 15) is 0 Å². The fraction of sp³-hybridized carbons (Fsp3) is 1.00. The normalized spacial score (nSPS) is 19.0. The lowest BCUT2D eigenvalue weighted by atomic mass is 10.4. The van der Waals surface area contributed by atoms with E-state index in [0.717, 1.165) is 0 Å². The average molecular weight is 241 g/mol. The molecule has 1 rings (SSSR count). The van der Waals surface area contributed by atoms with E-state index in [0.29, 0.717) is 0 Å². The van der Waals surface area contributed by atoms with Gasteiger partial charge in [0.2, 0.25) is 0 Å². The van der Waals surface area contributed by atoms with Gasteiger partial charge in [-0.25, -0.2) is 0 Å². The fourth-order valence-electron chi connectivity index (χ4n) is 1.10. The highest BCUT2D eigenvalue weighted by Gasteiger charge is 2.06. The van der Waals surface area contributed by atoms with Crippen LogP contribution < -0.4 is 0 Å². The van der Waals surface area contributed by atoms with E-state index in [1.807, 2.05) is 4.93 Å². The molecule has 1 nitrogen and oxygen atoms in total. The van der Waals surface area contributed by atoms with Crippen LogP contribution in [0.2, 0.25) is 0 Å². The Bertz CT molecular complexity index is 50.9. The Labute approximate surface area is 72.0 Å². The van der Waals surface area contributed by atoms with E-state index < -0.39 is 0 Å². The maximum atomic E-state index is 2.49. The summed E-state index contributed by atoms with van der Waals surface area (Å²) < 4.78 is 0. The van der Waals surface area contributed by atoms with Gasteiger partial charge in [-0.1, -0.05) is 29.5 Å². The topological polar surface area (TPSA) is 3.24 Å². The van der Waals surface area contributed by atoms with E-state index in [2.05, 4.69) is 34.4 Å². The first-order valence-electron chi connectivity index (χ1n) is 3.53. The van der Waals surface area contributed by atoms with Crippen LogP contribution in [0.5, 0.6) is 0 Å². The molecule has 56 valence electrons. The van der Waals surface area contributed by atoms with Crippen molar-refractivity contribution in [3.63, 3.8) is 0 Å². The van der Waals surface area contributed by atoms with Gasteiger partial charge >= 0.3 is 0 Å². The van der Waals surface area contributed by atoms with E-state index >= 15 is 0 Å². The predicted octanol–water partition coefficient (Wildman–Crippen LogP) is 2.15. The summed E-state index contributed by atoms with van der Waals surface area (Å²) in [6, 6.07) is 0. The molecule has 1 heterocycles. The molecule has 1 aliphatic rings. The molecular formula is C7H16IN. The summed E-state index contributed by atoms with van der Waals surface area (Å²) in [5.41, 5.74) is 0. The third-order valence-corrected chi connectivity index (χ3v) is 1.65. The zero-order chi connectivity index (χ0) is 7.11. The van der Waals surface area contributed by atoms with Gasteiger partial charge in [0.1, 0.15) is 0 Å². The zero-order valence-corrected chi connectivity index (χ0v) is 8.52. The molecule has 0 saturated carbocycles. The van der Waals surface area contributed by atoms with Gasteiger partial charge < -0.3 is 4.90 Å². The quantitative estimate of drug-likeness (QED) is 0.502. The number of alkyl halides is 1. The number of rotatable bonds is 1. The van der Waals surface area contributed by atoms with Crippen LogP contribution in [0, 0.1) is 0 Å². The second kappa shape index (κ2) is 6.81. The summed E-state index contributed by atoms with van der Waals surface area (Å²) in [6.45, 7) is 6.16. The van der Waals surface area contributed by atoms with Crippen molar-refractivity contribution in [3.8, 4) is 0 Å². The van der Waals surface area contributed by atoms with Crippen LogP contribution in [0.15, 0.2) is 0 Å². The number of hydrogen-bond donors (Lipinski definition) is 0. The highest BCUT2D eigenvalue weighted by molar-refractivity contribution is 14.1. The van der Waals surface area contributed by atoms with Crippen LogP contribution in [0.4, 0.5) is 0 Å². The Morgan fingerprint density at radius 2 is 1.67 bits per heavy atom. The largest absolute Gasteiger partial charge is 0.304 e. The zero-order valence-electron chi connectivity index (χ0n) is 6.36. The van der Waals surface area contributed by atoms with E-state index in [1.165, 1.54) is 32.5 Å². The molecule has 2 heteroatoms.